The molecule has 2 aliphatic heterocycles. The number of hydrogen-bond acceptors (Lipinski definition) is 6. The number of fused-ring (bicyclic) bond motifs is 1. The number of amides is 2. The number of rotatable bonds is 2. The van der Waals surface area contributed by atoms with Gasteiger partial charge in [-0.05, 0) is 19.1 Å². The minimum atomic E-state index is -0.254. The molecule has 4 heterocycles. The third kappa shape index (κ3) is 3.39. The lowest BCUT2D eigenvalue weighted by atomic mass is 10.1. The molecular weight excluding hydrogens is 368 g/mol. The van der Waals surface area contributed by atoms with E-state index in [1.807, 2.05) is 0 Å². The molecule has 0 radical (unpaired) electrons. The second kappa shape index (κ2) is 7.22. The molecule has 27 heavy (non-hydrogen) atoms. The van der Waals surface area contributed by atoms with Crippen LogP contribution in [0.4, 0.5) is 0 Å². The molecule has 0 aliphatic carbocycles. The maximum Gasteiger partial charge on any atom is 0.289 e. The molecule has 2 aromatic heterocycles. The van der Waals surface area contributed by atoms with Gasteiger partial charge in [-0.15, -0.1) is 0 Å². The molecule has 0 N–H and O–H groups in total. The van der Waals surface area contributed by atoms with E-state index < -0.39 is 0 Å². The zero-order valence-corrected chi connectivity index (χ0v) is 15.8. The minimum absolute atomic E-state index is 0.0339. The van der Waals surface area contributed by atoms with Gasteiger partial charge in [-0.25, -0.2) is 4.98 Å². The van der Waals surface area contributed by atoms with Crippen LogP contribution in [0.3, 0.4) is 0 Å². The Bertz CT molecular complexity index is 916. The zero-order valence-electron chi connectivity index (χ0n) is 15.0. The first-order chi connectivity index (χ1) is 13.0. The van der Waals surface area contributed by atoms with Gasteiger partial charge in [0.25, 0.3) is 11.5 Å². The number of thioether (sulfide) groups is 1. The number of carbonyl (C=O) groups excluding carboxylic acids is 2. The summed E-state index contributed by atoms with van der Waals surface area (Å²) < 4.78 is 6.76. The van der Waals surface area contributed by atoms with Crippen molar-refractivity contribution in [3.05, 3.63) is 46.3 Å². The van der Waals surface area contributed by atoms with Crippen molar-refractivity contribution in [2.45, 2.75) is 18.6 Å². The number of hydrogen-bond donors (Lipinski definition) is 0. The summed E-state index contributed by atoms with van der Waals surface area (Å²) in [5.74, 6) is 0.558. The minimum Gasteiger partial charge on any atom is -0.459 e. The number of piperazine rings is 1. The van der Waals surface area contributed by atoms with E-state index in [9.17, 15) is 14.4 Å². The lowest BCUT2D eigenvalue weighted by molar-refractivity contribution is -0.136. The molecule has 2 aromatic rings. The smallest absolute Gasteiger partial charge is 0.289 e. The SMILES string of the molecule is Cc1cnc2n(c1=O)CC(C(=O)N1CCN(C(=O)c3ccco3)CC1)CS2. The van der Waals surface area contributed by atoms with Crippen molar-refractivity contribution in [2.24, 2.45) is 5.92 Å². The average molecular weight is 388 g/mol. The fourth-order valence-corrected chi connectivity index (χ4v) is 4.43. The average Bonchev–Trinajstić information content (AvgIpc) is 3.24. The van der Waals surface area contributed by atoms with E-state index in [1.165, 1.54) is 18.0 Å². The van der Waals surface area contributed by atoms with Crippen molar-refractivity contribution in [3.8, 4) is 0 Å². The van der Waals surface area contributed by atoms with Crippen molar-refractivity contribution in [3.63, 3.8) is 0 Å². The number of aryl methyl sites for hydroxylation is 1. The molecule has 0 saturated carbocycles. The predicted octanol–water partition coefficient (Wildman–Crippen LogP) is 0.851. The highest BCUT2D eigenvalue weighted by Gasteiger charge is 2.33. The van der Waals surface area contributed by atoms with Crippen LogP contribution in [0.25, 0.3) is 0 Å². The van der Waals surface area contributed by atoms with Gasteiger partial charge in [-0.3, -0.25) is 19.0 Å². The summed E-state index contributed by atoms with van der Waals surface area (Å²) in [5.41, 5.74) is 0.497. The maximum absolute atomic E-state index is 12.9. The molecule has 0 aromatic carbocycles. The Hall–Kier alpha value is -2.55. The second-order valence-corrected chi connectivity index (χ2v) is 7.73. The summed E-state index contributed by atoms with van der Waals surface area (Å²) >= 11 is 1.44. The number of furan rings is 1. The summed E-state index contributed by atoms with van der Waals surface area (Å²) in [6, 6.07) is 3.33. The van der Waals surface area contributed by atoms with Crippen molar-refractivity contribution in [2.75, 3.05) is 31.9 Å². The lowest BCUT2D eigenvalue weighted by Crippen LogP contribution is -2.53. The summed E-state index contributed by atoms with van der Waals surface area (Å²) in [7, 11) is 0. The Kier molecular flexibility index (Phi) is 4.77. The van der Waals surface area contributed by atoms with Gasteiger partial charge in [0.1, 0.15) is 0 Å². The molecule has 9 heteroatoms. The molecule has 1 fully saturated rings. The second-order valence-electron chi connectivity index (χ2n) is 6.74. The molecule has 2 aliphatic rings. The van der Waals surface area contributed by atoms with Crippen LogP contribution >= 0.6 is 11.8 Å². The maximum atomic E-state index is 12.9. The third-order valence-electron chi connectivity index (χ3n) is 4.96. The highest BCUT2D eigenvalue weighted by Crippen LogP contribution is 2.26. The molecule has 1 atom stereocenters. The van der Waals surface area contributed by atoms with Crippen LogP contribution in [-0.2, 0) is 11.3 Å². The molecule has 1 saturated heterocycles. The lowest BCUT2D eigenvalue weighted by Gasteiger charge is -2.37. The normalized spacial score (nSPS) is 19.7. The van der Waals surface area contributed by atoms with Crippen LogP contribution in [0.15, 0.2) is 39.0 Å². The van der Waals surface area contributed by atoms with Crippen LogP contribution in [0, 0.1) is 12.8 Å². The highest BCUT2D eigenvalue weighted by atomic mass is 32.2. The standard InChI is InChI=1S/C18H20N4O4S/c1-12-9-19-18-22(15(12)23)10-13(11-27-18)16(24)20-4-6-21(7-5-20)17(25)14-3-2-8-26-14/h2-3,8-9,13H,4-7,10-11H2,1H3. The van der Waals surface area contributed by atoms with Gasteiger partial charge in [-0.2, -0.15) is 0 Å². The molecule has 1 unspecified atom stereocenters. The van der Waals surface area contributed by atoms with E-state index in [0.717, 1.165) is 0 Å². The molecule has 8 nitrogen and oxygen atoms in total. The Morgan fingerprint density at radius 2 is 1.96 bits per heavy atom. The molecule has 0 bridgehead atoms. The number of carbonyl (C=O) groups is 2. The summed E-state index contributed by atoms with van der Waals surface area (Å²) in [6.07, 6.45) is 3.06. The quantitative estimate of drug-likeness (QED) is 0.709. The van der Waals surface area contributed by atoms with Crippen LogP contribution < -0.4 is 5.56 Å². The van der Waals surface area contributed by atoms with E-state index >= 15 is 0 Å². The summed E-state index contributed by atoms with van der Waals surface area (Å²) in [6.45, 7) is 4.01. The molecule has 142 valence electrons. The van der Waals surface area contributed by atoms with E-state index in [1.54, 1.807) is 39.6 Å². The Labute approximate surface area is 160 Å². The number of aromatic nitrogens is 2. The van der Waals surface area contributed by atoms with Crippen LogP contribution in [0.1, 0.15) is 16.1 Å². The fraction of sp³-hybridized carbons (Fsp3) is 0.444. The topological polar surface area (TPSA) is 88.7 Å². The number of nitrogens with zero attached hydrogens (tertiary/aromatic N) is 4. The largest absolute Gasteiger partial charge is 0.459 e. The molecule has 0 spiro atoms. The third-order valence-corrected chi connectivity index (χ3v) is 6.11. The first-order valence-corrected chi connectivity index (χ1v) is 9.84. The monoisotopic (exact) mass is 388 g/mol. The van der Waals surface area contributed by atoms with Crippen molar-refractivity contribution >= 4 is 23.6 Å². The van der Waals surface area contributed by atoms with Crippen molar-refractivity contribution < 1.29 is 14.0 Å². The van der Waals surface area contributed by atoms with Gasteiger partial charge < -0.3 is 14.2 Å². The molecular formula is C18H20N4O4S. The van der Waals surface area contributed by atoms with Gasteiger partial charge in [0.2, 0.25) is 5.91 Å². The summed E-state index contributed by atoms with van der Waals surface area (Å²) in [5, 5.41) is 0.670. The highest BCUT2D eigenvalue weighted by molar-refractivity contribution is 7.99. The van der Waals surface area contributed by atoms with Crippen molar-refractivity contribution in [1.82, 2.24) is 19.4 Å². The fourth-order valence-electron chi connectivity index (χ4n) is 3.39. The summed E-state index contributed by atoms with van der Waals surface area (Å²) in [4.78, 5) is 45.3. The zero-order chi connectivity index (χ0) is 19.0. The Morgan fingerprint density at radius 3 is 2.67 bits per heavy atom. The Morgan fingerprint density at radius 1 is 1.22 bits per heavy atom. The van der Waals surface area contributed by atoms with Crippen molar-refractivity contribution in [1.29, 1.82) is 0 Å². The molecule has 4 rings (SSSR count). The van der Waals surface area contributed by atoms with Crippen LogP contribution in [0.5, 0.6) is 0 Å². The van der Waals surface area contributed by atoms with Gasteiger partial charge in [-0.1, -0.05) is 11.8 Å². The van der Waals surface area contributed by atoms with Gasteiger partial charge in [0, 0.05) is 50.2 Å². The van der Waals surface area contributed by atoms with Gasteiger partial charge in [0.15, 0.2) is 10.9 Å². The van der Waals surface area contributed by atoms with Gasteiger partial charge in [0.05, 0.1) is 12.2 Å². The first-order valence-electron chi connectivity index (χ1n) is 8.85. The van der Waals surface area contributed by atoms with Crippen LogP contribution in [-0.4, -0.2) is 63.1 Å². The van der Waals surface area contributed by atoms with E-state index in [4.69, 9.17) is 4.42 Å². The first kappa shape index (κ1) is 17.8. The predicted molar refractivity (Wildman–Crippen MR) is 98.6 cm³/mol. The van der Waals surface area contributed by atoms with E-state index in [0.29, 0.717) is 55.0 Å². The van der Waals surface area contributed by atoms with Crippen LogP contribution in [0.2, 0.25) is 0 Å². The molecule has 2 amide bonds. The Balaban J connectivity index is 1.39. The van der Waals surface area contributed by atoms with Gasteiger partial charge >= 0.3 is 0 Å². The van der Waals surface area contributed by atoms with E-state index in [-0.39, 0.29) is 23.3 Å². The van der Waals surface area contributed by atoms with E-state index in [2.05, 4.69) is 4.98 Å².